The highest BCUT2D eigenvalue weighted by molar-refractivity contribution is 6.07. The fourth-order valence-corrected chi connectivity index (χ4v) is 4.07. The van der Waals surface area contributed by atoms with Crippen molar-refractivity contribution in [2.75, 3.05) is 0 Å². The normalized spacial score (nSPS) is 22.3. The zero-order valence-electron chi connectivity index (χ0n) is 15.5. The maximum Gasteiger partial charge on any atom is 0.422 e. The Morgan fingerprint density at radius 3 is 2.63 bits per heavy atom. The zero-order valence-corrected chi connectivity index (χ0v) is 15.5. The Morgan fingerprint density at radius 2 is 1.93 bits per heavy atom. The second kappa shape index (κ2) is 6.30. The predicted molar refractivity (Wildman–Crippen MR) is 102 cm³/mol. The summed E-state index contributed by atoms with van der Waals surface area (Å²) in [5.74, 6) is -3.72. The van der Waals surface area contributed by atoms with Gasteiger partial charge in [0.05, 0.1) is 11.6 Å². The first-order chi connectivity index (χ1) is 14.3. The van der Waals surface area contributed by atoms with E-state index in [1.807, 2.05) is 12.1 Å². The Kier molecular flexibility index (Phi) is 3.91. The number of nitrogens with zero attached hydrogens (tertiary/aromatic N) is 2. The van der Waals surface area contributed by atoms with Crippen LogP contribution in [0.2, 0.25) is 0 Å². The molecule has 2 atom stereocenters. The van der Waals surface area contributed by atoms with Gasteiger partial charge >= 0.3 is 6.18 Å². The largest absolute Gasteiger partial charge is 0.422 e. The lowest BCUT2D eigenvalue weighted by atomic mass is 9.89. The van der Waals surface area contributed by atoms with Crippen molar-refractivity contribution in [2.24, 2.45) is 11.1 Å². The Bertz CT molecular complexity index is 1180. The minimum absolute atomic E-state index is 0.191. The van der Waals surface area contributed by atoms with E-state index in [1.165, 1.54) is 12.1 Å². The van der Waals surface area contributed by atoms with Crippen molar-refractivity contribution in [3.05, 3.63) is 83.1 Å². The second-order valence-corrected chi connectivity index (χ2v) is 7.24. The summed E-state index contributed by atoms with van der Waals surface area (Å²) in [5, 5.41) is 18.8. The van der Waals surface area contributed by atoms with Gasteiger partial charge in [-0.15, -0.1) is 0 Å². The molecule has 0 spiro atoms. The highest BCUT2D eigenvalue weighted by atomic mass is 19.4. The molecule has 5 rings (SSSR count). The van der Waals surface area contributed by atoms with E-state index in [1.54, 1.807) is 30.3 Å². The maximum absolute atomic E-state index is 14.0. The number of alkyl halides is 3. The molecule has 2 aromatic carbocycles. The summed E-state index contributed by atoms with van der Waals surface area (Å²) in [6.07, 6.45) is -2.91. The standard InChI is InChI=1S/C22H15F3N2O3/c1-2-12-8-9-15-14(10-12)11-16-18(15)26-30-21(16,28)20-17(22(23,24)25)19(29-27-20)13-6-4-3-5-7-13/h2-10,16,28H,1,11H2. The van der Waals surface area contributed by atoms with Gasteiger partial charge in [0.1, 0.15) is 5.56 Å². The number of benzene rings is 2. The highest BCUT2D eigenvalue weighted by Crippen LogP contribution is 2.50. The molecule has 152 valence electrons. The van der Waals surface area contributed by atoms with Crippen LogP contribution < -0.4 is 0 Å². The number of aliphatic hydroxyl groups is 1. The molecular weight excluding hydrogens is 397 g/mol. The van der Waals surface area contributed by atoms with Crippen molar-refractivity contribution in [1.29, 1.82) is 0 Å². The first-order valence-corrected chi connectivity index (χ1v) is 9.20. The van der Waals surface area contributed by atoms with Crippen LogP contribution in [0.15, 0.2) is 64.8 Å². The lowest BCUT2D eigenvalue weighted by Gasteiger charge is -2.24. The van der Waals surface area contributed by atoms with Crippen LogP contribution in [0, 0.1) is 5.92 Å². The van der Waals surface area contributed by atoms with E-state index >= 15 is 0 Å². The van der Waals surface area contributed by atoms with Crippen molar-refractivity contribution in [1.82, 2.24) is 5.16 Å². The first kappa shape index (κ1) is 18.6. The molecule has 8 heteroatoms. The zero-order chi connectivity index (χ0) is 21.1. The van der Waals surface area contributed by atoms with Crippen molar-refractivity contribution in [3.8, 4) is 11.3 Å². The van der Waals surface area contributed by atoms with Gasteiger partial charge < -0.3 is 14.5 Å². The molecule has 30 heavy (non-hydrogen) atoms. The molecule has 1 N–H and O–H groups in total. The fraction of sp³-hybridized carbons (Fsp3) is 0.182. The van der Waals surface area contributed by atoms with Gasteiger partial charge in [-0.05, 0) is 17.5 Å². The topological polar surface area (TPSA) is 67.8 Å². The Labute approximate surface area is 169 Å². The van der Waals surface area contributed by atoms with Crippen LogP contribution in [-0.2, 0) is 23.2 Å². The third kappa shape index (κ3) is 2.60. The minimum Gasteiger partial charge on any atom is -0.355 e. The van der Waals surface area contributed by atoms with Crippen LogP contribution in [0.25, 0.3) is 17.4 Å². The Balaban J connectivity index is 1.62. The van der Waals surface area contributed by atoms with E-state index in [4.69, 9.17) is 9.36 Å². The quantitative estimate of drug-likeness (QED) is 0.674. The molecule has 2 aliphatic rings. The van der Waals surface area contributed by atoms with E-state index in [0.717, 1.165) is 16.7 Å². The molecule has 1 aliphatic carbocycles. The van der Waals surface area contributed by atoms with Crippen molar-refractivity contribution >= 4 is 11.8 Å². The fourth-order valence-electron chi connectivity index (χ4n) is 4.07. The van der Waals surface area contributed by atoms with Crippen LogP contribution in [0.1, 0.15) is 27.9 Å². The van der Waals surface area contributed by atoms with Gasteiger partial charge in [-0.2, -0.15) is 13.2 Å². The van der Waals surface area contributed by atoms with Crippen molar-refractivity contribution < 1.29 is 27.6 Å². The number of aromatic nitrogens is 1. The van der Waals surface area contributed by atoms with Crippen LogP contribution >= 0.6 is 0 Å². The maximum atomic E-state index is 14.0. The molecule has 0 amide bonds. The number of hydrogen-bond donors (Lipinski definition) is 1. The summed E-state index contributed by atoms with van der Waals surface area (Å²) in [5.41, 5.74) is 1.12. The highest BCUT2D eigenvalue weighted by Gasteiger charge is 2.59. The SMILES string of the molecule is C=Cc1ccc2c(c1)CC1C2=NOC1(O)c1noc(-c2ccccc2)c1C(F)(F)F. The third-order valence-electron chi connectivity index (χ3n) is 5.50. The number of halogens is 3. The number of fused-ring (bicyclic) bond motifs is 3. The van der Waals surface area contributed by atoms with E-state index in [9.17, 15) is 18.3 Å². The van der Waals surface area contributed by atoms with E-state index in [0.29, 0.717) is 5.71 Å². The molecule has 1 aromatic heterocycles. The molecule has 2 heterocycles. The average Bonchev–Trinajstić information content (AvgIpc) is 3.42. The molecule has 0 radical (unpaired) electrons. The van der Waals surface area contributed by atoms with Gasteiger partial charge in [0.2, 0.25) is 0 Å². The van der Waals surface area contributed by atoms with E-state index in [2.05, 4.69) is 16.9 Å². The van der Waals surface area contributed by atoms with Gasteiger partial charge in [-0.3, -0.25) is 0 Å². The summed E-state index contributed by atoms with van der Waals surface area (Å²) in [4.78, 5) is 5.19. The van der Waals surface area contributed by atoms with Crippen molar-refractivity contribution in [3.63, 3.8) is 0 Å². The Hall–Kier alpha value is -3.39. The number of oxime groups is 1. The molecule has 3 aromatic rings. The van der Waals surface area contributed by atoms with Crippen molar-refractivity contribution in [2.45, 2.75) is 18.4 Å². The van der Waals surface area contributed by atoms with E-state index in [-0.39, 0.29) is 12.0 Å². The van der Waals surface area contributed by atoms with E-state index < -0.39 is 34.9 Å². The summed E-state index contributed by atoms with van der Waals surface area (Å²) in [7, 11) is 0. The minimum atomic E-state index is -4.83. The van der Waals surface area contributed by atoms with Gasteiger partial charge in [-0.1, -0.05) is 71.5 Å². The van der Waals surface area contributed by atoms with Crippen LogP contribution in [0.4, 0.5) is 13.2 Å². The molecule has 0 saturated carbocycles. The molecule has 0 fully saturated rings. The van der Waals surface area contributed by atoms with Gasteiger partial charge in [0.25, 0.3) is 5.79 Å². The van der Waals surface area contributed by atoms with Crippen LogP contribution in [0.3, 0.4) is 0 Å². The molecule has 5 nitrogen and oxygen atoms in total. The smallest absolute Gasteiger partial charge is 0.355 e. The molecule has 2 unspecified atom stereocenters. The van der Waals surface area contributed by atoms with Gasteiger partial charge in [0.15, 0.2) is 11.5 Å². The number of rotatable bonds is 3. The summed E-state index contributed by atoms with van der Waals surface area (Å²) in [6.45, 7) is 3.72. The second-order valence-electron chi connectivity index (χ2n) is 7.24. The number of hydrogen-bond acceptors (Lipinski definition) is 5. The average molecular weight is 412 g/mol. The lowest BCUT2D eigenvalue weighted by molar-refractivity contribution is -0.225. The van der Waals surface area contributed by atoms with Gasteiger partial charge in [-0.25, -0.2) is 0 Å². The predicted octanol–water partition coefficient (Wildman–Crippen LogP) is 4.76. The summed E-state index contributed by atoms with van der Waals surface area (Å²) in [6, 6.07) is 13.3. The Morgan fingerprint density at radius 1 is 1.17 bits per heavy atom. The van der Waals surface area contributed by atoms with Gasteiger partial charge in [0, 0.05) is 11.1 Å². The molecule has 0 bridgehead atoms. The first-order valence-electron chi connectivity index (χ1n) is 9.20. The van der Waals surface area contributed by atoms with Crippen LogP contribution in [0.5, 0.6) is 0 Å². The third-order valence-corrected chi connectivity index (χ3v) is 5.50. The lowest BCUT2D eigenvalue weighted by Crippen LogP contribution is -2.37. The summed E-state index contributed by atoms with van der Waals surface area (Å²) >= 11 is 0. The monoisotopic (exact) mass is 412 g/mol. The summed E-state index contributed by atoms with van der Waals surface area (Å²) < 4.78 is 47.2. The molecule has 1 aliphatic heterocycles. The van der Waals surface area contributed by atoms with Crippen LogP contribution in [-0.4, -0.2) is 16.0 Å². The molecular formula is C22H15F3N2O3. The molecule has 0 saturated heterocycles.